The number of nitrogen functional groups attached to an aromatic ring is 1. The van der Waals surface area contributed by atoms with E-state index in [-0.39, 0.29) is 11.9 Å². The molecule has 106 valence electrons. The first-order valence-electron chi connectivity index (χ1n) is 6.83. The molecule has 1 fully saturated rings. The van der Waals surface area contributed by atoms with E-state index >= 15 is 0 Å². The summed E-state index contributed by atoms with van der Waals surface area (Å²) >= 11 is 0. The monoisotopic (exact) mass is 275 g/mol. The van der Waals surface area contributed by atoms with Crippen LogP contribution in [-0.2, 0) is 16.1 Å². The predicted molar refractivity (Wildman–Crippen MR) is 72.7 cm³/mol. The molecule has 0 aliphatic heterocycles. The molecule has 2 aromatic heterocycles. The molecule has 7 heteroatoms. The number of aromatic nitrogens is 4. The molecule has 1 aliphatic carbocycles. The van der Waals surface area contributed by atoms with Crippen LogP contribution in [0.25, 0.3) is 11.2 Å². The number of nitrogens with two attached hydrogens (primary N) is 1. The van der Waals surface area contributed by atoms with Crippen LogP contribution in [-0.4, -0.2) is 32.1 Å². The molecule has 3 rings (SSSR count). The number of carbonyl (C=O) groups is 1. The standard InChI is InChI=1S/C13H17N5O2/c14-11-10-12(16-7-15-11)18(8-17-10)5-2-6-20-13(19)9-3-1-4-9/h7-9H,1-6H2,(H2,14,15,16). The zero-order valence-electron chi connectivity index (χ0n) is 11.2. The lowest BCUT2D eigenvalue weighted by molar-refractivity contribution is -0.151. The number of hydrogen-bond donors (Lipinski definition) is 1. The molecule has 7 nitrogen and oxygen atoms in total. The first kappa shape index (κ1) is 12.8. The van der Waals surface area contributed by atoms with Crippen LogP contribution in [0.3, 0.4) is 0 Å². The highest BCUT2D eigenvalue weighted by Gasteiger charge is 2.26. The zero-order valence-corrected chi connectivity index (χ0v) is 11.2. The quantitative estimate of drug-likeness (QED) is 0.649. The number of esters is 1. The maximum atomic E-state index is 11.6. The number of carbonyl (C=O) groups excluding carboxylic acids is 1. The molecule has 20 heavy (non-hydrogen) atoms. The number of ether oxygens (including phenoxy) is 1. The van der Waals surface area contributed by atoms with Crippen LogP contribution in [0.1, 0.15) is 25.7 Å². The van der Waals surface area contributed by atoms with E-state index in [0.717, 1.165) is 25.7 Å². The van der Waals surface area contributed by atoms with E-state index in [1.54, 1.807) is 6.33 Å². The summed E-state index contributed by atoms with van der Waals surface area (Å²) in [4.78, 5) is 23.8. The average molecular weight is 275 g/mol. The minimum atomic E-state index is -0.0571. The lowest BCUT2D eigenvalue weighted by Crippen LogP contribution is -2.24. The van der Waals surface area contributed by atoms with Crippen molar-refractivity contribution in [3.8, 4) is 0 Å². The van der Waals surface area contributed by atoms with Crippen molar-refractivity contribution in [3.05, 3.63) is 12.7 Å². The second-order valence-electron chi connectivity index (χ2n) is 5.02. The summed E-state index contributed by atoms with van der Waals surface area (Å²) in [6.07, 6.45) is 6.92. The summed E-state index contributed by atoms with van der Waals surface area (Å²) in [5.74, 6) is 0.458. The molecule has 1 aliphatic rings. The van der Waals surface area contributed by atoms with Crippen molar-refractivity contribution in [2.45, 2.75) is 32.2 Å². The van der Waals surface area contributed by atoms with Crippen molar-refractivity contribution in [2.24, 2.45) is 5.92 Å². The van der Waals surface area contributed by atoms with Gasteiger partial charge in [-0.05, 0) is 19.3 Å². The van der Waals surface area contributed by atoms with E-state index in [4.69, 9.17) is 10.5 Å². The summed E-state index contributed by atoms with van der Waals surface area (Å²) in [5, 5.41) is 0. The third-order valence-electron chi connectivity index (χ3n) is 3.66. The van der Waals surface area contributed by atoms with Gasteiger partial charge < -0.3 is 15.0 Å². The molecule has 0 aromatic carbocycles. The Labute approximate surface area is 116 Å². The molecule has 0 saturated heterocycles. The highest BCUT2D eigenvalue weighted by atomic mass is 16.5. The number of imidazole rings is 1. The van der Waals surface area contributed by atoms with Gasteiger partial charge in [-0.25, -0.2) is 15.0 Å². The third kappa shape index (κ3) is 2.43. The first-order chi connectivity index (χ1) is 9.75. The minimum absolute atomic E-state index is 0.0571. The van der Waals surface area contributed by atoms with E-state index in [2.05, 4.69) is 15.0 Å². The van der Waals surface area contributed by atoms with Gasteiger partial charge in [0.05, 0.1) is 18.9 Å². The molecule has 0 bridgehead atoms. The van der Waals surface area contributed by atoms with Gasteiger partial charge in [0.25, 0.3) is 0 Å². The highest BCUT2D eigenvalue weighted by Crippen LogP contribution is 2.27. The molecule has 0 unspecified atom stereocenters. The van der Waals surface area contributed by atoms with Crippen molar-refractivity contribution in [1.82, 2.24) is 19.5 Å². The van der Waals surface area contributed by atoms with Crippen molar-refractivity contribution in [3.63, 3.8) is 0 Å². The smallest absolute Gasteiger partial charge is 0.308 e. The van der Waals surface area contributed by atoms with Gasteiger partial charge in [0, 0.05) is 6.54 Å². The fraction of sp³-hybridized carbons (Fsp3) is 0.538. The van der Waals surface area contributed by atoms with Crippen molar-refractivity contribution in [2.75, 3.05) is 12.3 Å². The Morgan fingerprint density at radius 1 is 1.40 bits per heavy atom. The van der Waals surface area contributed by atoms with Crippen molar-refractivity contribution >= 4 is 23.0 Å². The molecular formula is C13H17N5O2. The third-order valence-corrected chi connectivity index (χ3v) is 3.66. The Kier molecular flexibility index (Phi) is 3.49. The van der Waals surface area contributed by atoms with Gasteiger partial charge >= 0.3 is 5.97 Å². The highest BCUT2D eigenvalue weighted by molar-refractivity contribution is 5.81. The topological polar surface area (TPSA) is 95.9 Å². The number of hydrogen-bond acceptors (Lipinski definition) is 6. The molecule has 2 aromatic rings. The predicted octanol–water partition coefficient (Wildman–Crippen LogP) is 1.14. The molecule has 1 saturated carbocycles. The van der Waals surface area contributed by atoms with Gasteiger partial charge in [0.15, 0.2) is 11.5 Å². The second-order valence-corrected chi connectivity index (χ2v) is 5.02. The largest absolute Gasteiger partial charge is 0.465 e. The lowest BCUT2D eigenvalue weighted by atomic mass is 9.86. The number of anilines is 1. The Morgan fingerprint density at radius 3 is 3.00 bits per heavy atom. The Bertz CT molecular complexity index is 620. The molecule has 0 amide bonds. The van der Waals surface area contributed by atoms with Gasteiger partial charge in [0.2, 0.25) is 0 Å². The number of fused-ring (bicyclic) bond motifs is 1. The van der Waals surface area contributed by atoms with Crippen LogP contribution < -0.4 is 5.73 Å². The van der Waals surface area contributed by atoms with Gasteiger partial charge in [-0.1, -0.05) is 6.42 Å². The fourth-order valence-corrected chi connectivity index (χ4v) is 2.23. The molecule has 0 spiro atoms. The minimum Gasteiger partial charge on any atom is -0.465 e. The van der Waals surface area contributed by atoms with Crippen LogP contribution in [0.15, 0.2) is 12.7 Å². The van der Waals surface area contributed by atoms with Crippen LogP contribution in [0.4, 0.5) is 5.82 Å². The summed E-state index contributed by atoms with van der Waals surface area (Å²) in [5.41, 5.74) is 7.04. The SMILES string of the molecule is Nc1ncnc2c1ncn2CCCOC(=O)C1CCC1. The van der Waals surface area contributed by atoms with Crippen LogP contribution >= 0.6 is 0 Å². The first-order valence-corrected chi connectivity index (χ1v) is 6.83. The molecule has 0 atom stereocenters. The number of rotatable bonds is 5. The van der Waals surface area contributed by atoms with Gasteiger partial charge in [0.1, 0.15) is 11.8 Å². The summed E-state index contributed by atoms with van der Waals surface area (Å²) in [6, 6.07) is 0. The van der Waals surface area contributed by atoms with E-state index in [1.165, 1.54) is 6.33 Å². The number of nitrogens with zero attached hydrogens (tertiary/aromatic N) is 4. The second kappa shape index (κ2) is 5.44. The summed E-state index contributed by atoms with van der Waals surface area (Å²) < 4.78 is 7.14. The molecule has 0 radical (unpaired) electrons. The molecule has 2 heterocycles. The van der Waals surface area contributed by atoms with Gasteiger partial charge in [-0.15, -0.1) is 0 Å². The van der Waals surface area contributed by atoms with Crippen LogP contribution in [0.5, 0.6) is 0 Å². The fourth-order valence-electron chi connectivity index (χ4n) is 2.23. The summed E-state index contributed by atoms with van der Waals surface area (Å²) in [6.45, 7) is 1.11. The Hall–Kier alpha value is -2.18. The van der Waals surface area contributed by atoms with Crippen molar-refractivity contribution in [1.29, 1.82) is 0 Å². The van der Waals surface area contributed by atoms with E-state index in [0.29, 0.717) is 30.1 Å². The maximum Gasteiger partial charge on any atom is 0.308 e. The molecule has 2 N–H and O–H groups in total. The van der Waals surface area contributed by atoms with E-state index in [1.807, 2.05) is 4.57 Å². The lowest BCUT2D eigenvalue weighted by Gasteiger charge is -2.23. The average Bonchev–Trinajstić information content (AvgIpc) is 2.77. The Balaban J connectivity index is 1.52. The van der Waals surface area contributed by atoms with Crippen molar-refractivity contribution < 1.29 is 9.53 Å². The zero-order chi connectivity index (χ0) is 13.9. The summed E-state index contributed by atoms with van der Waals surface area (Å²) in [7, 11) is 0. The van der Waals surface area contributed by atoms with Crippen LogP contribution in [0, 0.1) is 5.92 Å². The van der Waals surface area contributed by atoms with E-state index < -0.39 is 0 Å². The number of aryl methyl sites for hydroxylation is 1. The van der Waals surface area contributed by atoms with E-state index in [9.17, 15) is 4.79 Å². The van der Waals surface area contributed by atoms with Gasteiger partial charge in [-0.2, -0.15) is 0 Å². The maximum absolute atomic E-state index is 11.6. The van der Waals surface area contributed by atoms with Gasteiger partial charge in [-0.3, -0.25) is 4.79 Å². The molecular weight excluding hydrogens is 258 g/mol. The normalized spacial score (nSPS) is 15.2. The van der Waals surface area contributed by atoms with Crippen LogP contribution in [0.2, 0.25) is 0 Å². The Morgan fingerprint density at radius 2 is 2.25 bits per heavy atom.